The monoisotopic (exact) mass is 390 g/mol. The van der Waals surface area contributed by atoms with Crippen LogP contribution < -0.4 is 5.32 Å². The number of hydrogen-bond donors (Lipinski definition) is 1. The van der Waals surface area contributed by atoms with Crippen LogP contribution in [0.4, 0.5) is 16.1 Å². The number of aromatic nitrogens is 2. The molecule has 0 saturated carbocycles. The second-order valence-electron chi connectivity index (χ2n) is 5.41. The predicted molar refractivity (Wildman–Crippen MR) is 95.8 cm³/mol. The van der Waals surface area contributed by atoms with Crippen molar-refractivity contribution in [2.24, 2.45) is 0 Å². The molecule has 0 fully saturated rings. The van der Waals surface area contributed by atoms with Crippen molar-refractivity contribution in [3.63, 3.8) is 0 Å². The van der Waals surface area contributed by atoms with Crippen molar-refractivity contribution in [3.8, 4) is 0 Å². The van der Waals surface area contributed by atoms with Crippen LogP contribution in [0.1, 0.15) is 11.3 Å². The molecule has 1 N–H and O–H groups in total. The third-order valence-corrected chi connectivity index (χ3v) is 3.68. The van der Waals surface area contributed by atoms with E-state index in [1.807, 2.05) is 0 Å². The van der Waals surface area contributed by atoms with E-state index in [-0.39, 0.29) is 22.4 Å². The lowest BCUT2D eigenvalue weighted by Crippen LogP contribution is -2.09. The lowest BCUT2D eigenvalue weighted by Gasteiger charge is -2.01. The Labute approximate surface area is 157 Å². The standard InChI is InChI=1S/C17H12ClFN4O4/c18-14-10-22(9-11-1-3-12(19)4-2-11)21-17(14)20-15(24)7-5-13-6-8-16(27-13)23(25)26/h1-8,10H,9H2,(H,20,21,24)/b7-5+. The summed E-state index contributed by atoms with van der Waals surface area (Å²) >= 11 is 6.06. The molecule has 1 amide bonds. The summed E-state index contributed by atoms with van der Waals surface area (Å²) in [6.45, 7) is 0.349. The van der Waals surface area contributed by atoms with E-state index in [1.54, 1.807) is 12.1 Å². The summed E-state index contributed by atoms with van der Waals surface area (Å²) in [5.41, 5.74) is 0.813. The highest BCUT2D eigenvalue weighted by molar-refractivity contribution is 6.33. The van der Waals surface area contributed by atoms with Crippen LogP contribution in [0, 0.1) is 15.9 Å². The first-order chi connectivity index (χ1) is 12.9. The maximum absolute atomic E-state index is 12.9. The highest BCUT2D eigenvalue weighted by Gasteiger charge is 2.12. The van der Waals surface area contributed by atoms with Gasteiger partial charge >= 0.3 is 5.88 Å². The number of amides is 1. The minimum atomic E-state index is -0.676. The number of carbonyl (C=O) groups excluding carboxylic acids is 1. The number of nitrogens with one attached hydrogen (secondary N) is 1. The zero-order valence-corrected chi connectivity index (χ0v) is 14.4. The van der Waals surface area contributed by atoms with Crippen LogP contribution in [-0.4, -0.2) is 20.6 Å². The number of anilines is 1. The van der Waals surface area contributed by atoms with E-state index < -0.39 is 16.7 Å². The minimum absolute atomic E-state index is 0.152. The first-order valence-electron chi connectivity index (χ1n) is 7.61. The number of rotatable bonds is 6. The summed E-state index contributed by atoms with van der Waals surface area (Å²) < 4.78 is 19.4. The van der Waals surface area contributed by atoms with Crippen LogP contribution in [0.3, 0.4) is 0 Å². The molecule has 0 aliphatic heterocycles. The Morgan fingerprint density at radius 3 is 2.74 bits per heavy atom. The summed E-state index contributed by atoms with van der Waals surface area (Å²) in [5, 5.41) is 17.4. The van der Waals surface area contributed by atoms with E-state index in [4.69, 9.17) is 16.0 Å². The maximum atomic E-state index is 12.9. The molecule has 27 heavy (non-hydrogen) atoms. The Hall–Kier alpha value is -3.46. The molecule has 3 rings (SSSR count). The van der Waals surface area contributed by atoms with Gasteiger partial charge in [0.15, 0.2) is 5.82 Å². The molecule has 0 atom stereocenters. The van der Waals surface area contributed by atoms with Gasteiger partial charge in [-0.25, -0.2) is 4.39 Å². The summed E-state index contributed by atoms with van der Waals surface area (Å²) in [4.78, 5) is 21.8. The van der Waals surface area contributed by atoms with Crippen LogP contribution in [0.15, 0.2) is 53.1 Å². The van der Waals surface area contributed by atoms with Gasteiger partial charge in [0.25, 0.3) is 0 Å². The molecule has 0 bridgehead atoms. The molecule has 10 heteroatoms. The molecule has 3 aromatic rings. The lowest BCUT2D eigenvalue weighted by atomic mass is 10.2. The third-order valence-electron chi connectivity index (χ3n) is 3.41. The topological polar surface area (TPSA) is 103 Å². The molecule has 0 aliphatic rings. The van der Waals surface area contributed by atoms with Gasteiger partial charge in [-0.05, 0) is 29.8 Å². The number of benzene rings is 1. The molecule has 0 saturated heterocycles. The van der Waals surface area contributed by atoms with Gasteiger partial charge in [-0.3, -0.25) is 19.6 Å². The zero-order valence-electron chi connectivity index (χ0n) is 13.6. The van der Waals surface area contributed by atoms with Gasteiger partial charge in [-0.15, -0.1) is 0 Å². The van der Waals surface area contributed by atoms with E-state index in [0.29, 0.717) is 6.54 Å². The van der Waals surface area contributed by atoms with Gasteiger partial charge in [0.05, 0.1) is 12.6 Å². The largest absolute Gasteiger partial charge is 0.433 e. The number of nitro groups is 1. The lowest BCUT2D eigenvalue weighted by molar-refractivity contribution is -0.402. The molecule has 138 valence electrons. The molecule has 1 aromatic carbocycles. The SMILES string of the molecule is O=C(/C=C/c1ccc([N+](=O)[O-])o1)Nc1nn(Cc2ccc(F)cc2)cc1Cl. The van der Waals surface area contributed by atoms with Crippen molar-refractivity contribution in [2.45, 2.75) is 6.54 Å². The molecule has 2 aromatic heterocycles. The molecular formula is C17H12ClFN4O4. The van der Waals surface area contributed by atoms with E-state index >= 15 is 0 Å². The van der Waals surface area contributed by atoms with Gasteiger partial charge in [0.2, 0.25) is 5.91 Å². The van der Waals surface area contributed by atoms with Crippen molar-refractivity contribution in [1.29, 1.82) is 0 Å². The summed E-state index contributed by atoms with van der Waals surface area (Å²) in [7, 11) is 0. The average Bonchev–Trinajstić information content (AvgIpc) is 3.22. The Morgan fingerprint density at radius 2 is 2.07 bits per heavy atom. The van der Waals surface area contributed by atoms with Crippen molar-refractivity contribution >= 4 is 35.3 Å². The molecular weight excluding hydrogens is 379 g/mol. The van der Waals surface area contributed by atoms with Crippen LogP contribution in [-0.2, 0) is 11.3 Å². The third kappa shape index (κ3) is 4.79. The molecule has 0 radical (unpaired) electrons. The molecule has 0 aliphatic carbocycles. The van der Waals surface area contributed by atoms with Crippen molar-refractivity contribution in [3.05, 3.63) is 80.9 Å². The number of halogens is 2. The van der Waals surface area contributed by atoms with Crippen molar-refractivity contribution in [1.82, 2.24) is 9.78 Å². The second-order valence-corrected chi connectivity index (χ2v) is 5.81. The Morgan fingerprint density at radius 1 is 1.33 bits per heavy atom. The number of carbonyl (C=O) groups is 1. The van der Waals surface area contributed by atoms with Crippen LogP contribution in [0.25, 0.3) is 6.08 Å². The van der Waals surface area contributed by atoms with Crippen LogP contribution >= 0.6 is 11.6 Å². The van der Waals surface area contributed by atoms with Gasteiger partial charge < -0.3 is 9.73 Å². The van der Waals surface area contributed by atoms with E-state index in [9.17, 15) is 19.3 Å². The Bertz CT molecular complexity index is 1010. The number of hydrogen-bond acceptors (Lipinski definition) is 5. The van der Waals surface area contributed by atoms with Gasteiger partial charge in [-0.2, -0.15) is 5.10 Å². The fraction of sp³-hybridized carbons (Fsp3) is 0.0588. The van der Waals surface area contributed by atoms with Gasteiger partial charge in [-0.1, -0.05) is 23.7 Å². The Kier molecular flexibility index (Phi) is 5.32. The maximum Gasteiger partial charge on any atom is 0.433 e. The average molecular weight is 391 g/mol. The zero-order chi connectivity index (χ0) is 19.4. The quantitative estimate of drug-likeness (QED) is 0.391. The smallest absolute Gasteiger partial charge is 0.401 e. The molecule has 2 heterocycles. The van der Waals surface area contributed by atoms with Crippen LogP contribution in [0.5, 0.6) is 0 Å². The number of nitrogens with zero attached hydrogens (tertiary/aromatic N) is 3. The number of furan rings is 1. The summed E-state index contributed by atoms with van der Waals surface area (Å²) in [6, 6.07) is 8.47. The van der Waals surface area contributed by atoms with Crippen molar-refractivity contribution < 1.29 is 18.5 Å². The van der Waals surface area contributed by atoms with Crippen molar-refractivity contribution in [2.75, 3.05) is 5.32 Å². The van der Waals surface area contributed by atoms with Gasteiger partial charge in [0, 0.05) is 12.3 Å². The molecule has 8 nitrogen and oxygen atoms in total. The second kappa shape index (κ2) is 7.83. The van der Waals surface area contributed by atoms with E-state index in [2.05, 4.69) is 10.4 Å². The normalized spacial score (nSPS) is 11.0. The van der Waals surface area contributed by atoms with Gasteiger partial charge in [0.1, 0.15) is 21.5 Å². The highest BCUT2D eigenvalue weighted by Crippen LogP contribution is 2.21. The first-order valence-corrected chi connectivity index (χ1v) is 7.99. The van der Waals surface area contributed by atoms with E-state index in [1.165, 1.54) is 41.2 Å². The minimum Gasteiger partial charge on any atom is -0.401 e. The molecule has 0 unspecified atom stereocenters. The first kappa shape index (κ1) is 18.3. The fourth-order valence-electron chi connectivity index (χ4n) is 2.19. The van der Waals surface area contributed by atoms with E-state index in [0.717, 1.165) is 11.6 Å². The predicted octanol–water partition coefficient (Wildman–Crippen LogP) is 3.88. The Balaban J connectivity index is 1.63. The highest BCUT2D eigenvalue weighted by atomic mass is 35.5. The fourth-order valence-corrected chi connectivity index (χ4v) is 2.38. The summed E-state index contributed by atoms with van der Waals surface area (Å²) in [6.07, 6.45) is 3.95. The molecule has 0 spiro atoms. The summed E-state index contributed by atoms with van der Waals surface area (Å²) in [5.74, 6) is -0.983. The van der Waals surface area contributed by atoms with Crippen LogP contribution in [0.2, 0.25) is 5.02 Å².